The smallest absolute Gasteiger partial charge is 0.328 e. The highest BCUT2D eigenvalue weighted by atomic mass is 32.2. The van der Waals surface area contributed by atoms with Crippen LogP contribution in [0.3, 0.4) is 0 Å². The summed E-state index contributed by atoms with van der Waals surface area (Å²) in [6, 6.07) is -1.39. The first-order valence-corrected chi connectivity index (χ1v) is 8.54. The molecule has 1 amide bonds. The van der Waals surface area contributed by atoms with E-state index < -0.39 is 24.0 Å². The second kappa shape index (κ2) is 10.5. The zero-order valence-electron chi connectivity index (χ0n) is 14.5. The van der Waals surface area contributed by atoms with Crippen LogP contribution < -0.4 is 11.1 Å². The molecule has 0 heterocycles. The van der Waals surface area contributed by atoms with Crippen LogP contribution in [-0.4, -0.2) is 55.7 Å². The molecule has 0 fully saturated rings. The van der Waals surface area contributed by atoms with E-state index in [0.717, 1.165) is 0 Å². The first kappa shape index (κ1) is 21.7. The third-order valence-corrected chi connectivity index (χ3v) is 3.98. The first-order valence-electron chi connectivity index (χ1n) is 7.39. The van der Waals surface area contributed by atoms with Crippen molar-refractivity contribution in [1.82, 2.24) is 5.32 Å². The Kier molecular flexibility index (Phi) is 9.90. The Balaban J connectivity index is 4.34. The standard InChI is InChI=1S/C15H28N2O5S/c1-15(2,3)8-12(18)17-11(14(20)22-5)6-7-23-9-10(16)13(19)21-4/h10-11H,6-9,16H2,1-5H3,(H,17,18)/t10-,11-/m0/s1. The van der Waals surface area contributed by atoms with Gasteiger partial charge in [-0.3, -0.25) is 9.59 Å². The van der Waals surface area contributed by atoms with Crippen LogP contribution in [0.15, 0.2) is 0 Å². The van der Waals surface area contributed by atoms with Crippen molar-refractivity contribution in [2.24, 2.45) is 11.1 Å². The Morgan fingerprint density at radius 1 is 1.13 bits per heavy atom. The SMILES string of the molecule is COC(=O)[C@H](CCSC[C@H](N)C(=O)OC)NC(=O)CC(C)(C)C. The van der Waals surface area contributed by atoms with Gasteiger partial charge in [0.25, 0.3) is 0 Å². The molecule has 0 aliphatic heterocycles. The van der Waals surface area contributed by atoms with Crippen molar-refractivity contribution in [3.8, 4) is 0 Å². The van der Waals surface area contributed by atoms with Gasteiger partial charge in [0.15, 0.2) is 0 Å². The topological polar surface area (TPSA) is 108 Å². The molecule has 0 aliphatic carbocycles. The van der Waals surface area contributed by atoms with Gasteiger partial charge in [0.2, 0.25) is 5.91 Å². The number of hydrogen-bond acceptors (Lipinski definition) is 7. The minimum Gasteiger partial charge on any atom is -0.468 e. The molecule has 0 aromatic carbocycles. The van der Waals surface area contributed by atoms with Crippen molar-refractivity contribution in [2.45, 2.75) is 45.7 Å². The number of nitrogens with two attached hydrogens (primary N) is 1. The van der Waals surface area contributed by atoms with Gasteiger partial charge in [0.1, 0.15) is 12.1 Å². The largest absolute Gasteiger partial charge is 0.468 e. The van der Waals surface area contributed by atoms with Gasteiger partial charge < -0.3 is 20.5 Å². The monoisotopic (exact) mass is 348 g/mol. The summed E-state index contributed by atoms with van der Waals surface area (Å²) in [5, 5.41) is 2.70. The fraction of sp³-hybridized carbons (Fsp3) is 0.800. The maximum absolute atomic E-state index is 12.0. The van der Waals surface area contributed by atoms with E-state index in [2.05, 4.69) is 10.1 Å². The average molecular weight is 348 g/mol. The van der Waals surface area contributed by atoms with Gasteiger partial charge in [0.05, 0.1) is 14.2 Å². The van der Waals surface area contributed by atoms with Gasteiger partial charge in [-0.2, -0.15) is 11.8 Å². The van der Waals surface area contributed by atoms with Crippen molar-refractivity contribution in [3.05, 3.63) is 0 Å². The lowest BCUT2D eigenvalue weighted by Crippen LogP contribution is -2.43. The zero-order valence-corrected chi connectivity index (χ0v) is 15.3. The molecule has 0 saturated carbocycles. The van der Waals surface area contributed by atoms with Crippen LogP contribution >= 0.6 is 11.8 Å². The van der Waals surface area contributed by atoms with E-state index >= 15 is 0 Å². The summed E-state index contributed by atoms with van der Waals surface area (Å²) in [5.41, 5.74) is 5.46. The van der Waals surface area contributed by atoms with Crippen LogP contribution in [0.2, 0.25) is 0 Å². The number of ether oxygens (including phenoxy) is 2. The summed E-state index contributed by atoms with van der Waals surface area (Å²) in [4.78, 5) is 34.9. The molecule has 0 bridgehead atoms. The Hall–Kier alpha value is -1.28. The molecule has 7 nitrogen and oxygen atoms in total. The summed E-state index contributed by atoms with van der Waals surface area (Å²) in [6.07, 6.45) is 0.724. The fourth-order valence-electron chi connectivity index (χ4n) is 1.75. The predicted octanol–water partition coefficient (Wildman–Crippen LogP) is 0.704. The molecule has 0 aromatic rings. The third kappa shape index (κ3) is 10.2. The number of carbonyl (C=O) groups excluding carboxylic acids is 3. The minimum atomic E-state index is -0.697. The molecule has 0 saturated heterocycles. The van der Waals surface area contributed by atoms with E-state index in [1.165, 1.54) is 26.0 Å². The molecule has 3 N–H and O–H groups in total. The van der Waals surface area contributed by atoms with Gasteiger partial charge >= 0.3 is 11.9 Å². The molecule has 0 unspecified atom stereocenters. The van der Waals surface area contributed by atoms with E-state index in [4.69, 9.17) is 10.5 Å². The van der Waals surface area contributed by atoms with E-state index in [1.807, 2.05) is 20.8 Å². The Morgan fingerprint density at radius 3 is 2.17 bits per heavy atom. The van der Waals surface area contributed by atoms with Crippen LogP contribution in [0.1, 0.15) is 33.6 Å². The molecule has 0 aromatic heterocycles. The normalized spacial score (nSPS) is 13.8. The van der Waals surface area contributed by atoms with Gasteiger partial charge in [-0.15, -0.1) is 0 Å². The van der Waals surface area contributed by atoms with Crippen LogP contribution in [-0.2, 0) is 23.9 Å². The maximum atomic E-state index is 12.0. The molecular formula is C15H28N2O5S. The minimum absolute atomic E-state index is 0.160. The molecule has 8 heteroatoms. The number of hydrogen-bond donors (Lipinski definition) is 2. The molecule has 0 radical (unpaired) electrons. The molecule has 0 rings (SSSR count). The number of rotatable bonds is 9. The molecule has 0 aliphatic rings. The Morgan fingerprint density at radius 2 is 1.70 bits per heavy atom. The number of methoxy groups -OCH3 is 2. The van der Waals surface area contributed by atoms with Crippen molar-refractivity contribution < 1.29 is 23.9 Å². The number of carbonyl (C=O) groups is 3. The third-order valence-electron chi connectivity index (χ3n) is 2.86. The van der Waals surface area contributed by atoms with Crippen molar-refractivity contribution in [1.29, 1.82) is 0 Å². The van der Waals surface area contributed by atoms with Gasteiger partial charge in [-0.25, -0.2) is 4.79 Å². The lowest BCUT2D eigenvalue weighted by molar-refractivity contribution is -0.145. The number of amides is 1. The number of nitrogens with one attached hydrogen (secondary N) is 1. The summed E-state index contributed by atoms with van der Waals surface area (Å²) in [7, 11) is 2.57. The molecule has 23 heavy (non-hydrogen) atoms. The van der Waals surface area contributed by atoms with Crippen LogP contribution in [0, 0.1) is 5.41 Å². The van der Waals surface area contributed by atoms with Crippen molar-refractivity contribution >= 4 is 29.6 Å². The predicted molar refractivity (Wildman–Crippen MR) is 90.0 cm³/mol. The lowest BCUT2D eigenvalue weighted by Gasteiger charge is -2.21. The first-order chi connectivity index (χ1) is 10.6. The van der Waals surface area contributed by atoms with Crippen LogP contribution in [0.4, 0.5) is 0 Å². The highest BCUT2D eigenvalue weighted by molar-refractivity contribution is 7.99. The van der Waals surface area contributed by atoms with Crippen molar-refractivity contribution in [3.63, 3.8) is 0 Å². The molecule has 2 atom stereocenters. The van der Waals surface area contributed by atoms with Crippen LogP contribution in [0.5, 0.6) is 0 Å². The molecule has 134 valence electrons. The van der Waals surface area contributed by atoms with Crippen LogP contribution in [0.25, 0.3) is 0 Å². The second-order valence-corrected chi connectivity index (χ2v) is 7.52. The highest BCUT2D eigenvalue weighted by Gasteiger charge is 2.24. The van der Waals surface area contributed by atoms with E-state index in [9.17, 15) is 14.4 Å². The average Bonchev–Trinajstić information content (AvgIpc) is 2.46. The van der Waals surface area contributed by atoms with Crippen molar-refractivity contribution in [2.75, 3.05) is 25.7 Å². The van der Waals surface area contributed by atoms with E-state index in [1.54, 1.807) is 0 Å². The van der Waals surface area contributed by atoms with E-state index in [-0.39, 0.29) is 11.3 Å². The second-order valence-electron chi connectivity index (χ2n) is 6.37. The Labute approximate surface area is 142 Å². The van der Waals surface area contributed by atoms with Gasteiger partial charge in [0, 0.05) is 12.2 Å². The summed E-state index contributed by atoms with van der Waals surface area (Å²) in [5.74, 6) is -0.202. The number of thioether (sulfide) groups is 1. The quantitative estimate of drug-likeness (QED) is 0.466. The fourth-order valence-corrected chi connectivity index (χ4v) is 2.71. The summed E-state index contributed by atoms with van der Waals surface area (Å²) >= 11 is 1.42. The van der Waals surface area contributed by atoms with Gasteiger partial charge in [-0.1, -0.05) is 20.8 Å². The Bertz CT molecular complexity index is 409. The maximum Gasteiger partial charge on any atom is 0.328 e. The zero-order chi connectivity index (χ0) is 18.0. The lowest BCUT2D eigenvalue weighted by atomic mass is 9.92. The summed E-state index contributed by atoms with van der Waals surface area (Å²) < 4.78 is 9.25. The molecule has 0 spiro atoms. The van der Waals surface area contributed by atoms with Gasteiger partial charge in [-0.05, 0) is 17.6 Å². The van der Waals surface area contributed by atoms with E-state index in [0.29, 0.717) is 24.3 Å². The highest BCUT2D eigenvalue weighted by Crippen LogP contribution is 2.18. The molecular weight excluding hydrogens is 320 g/mol. The number of esters is 2. The summed E-state index contributed by atoms with van der Waals surface area (Å²) in [6.45, 7) is 5.84.